The van der Waals surface area contributed by atoms with Crippen molar-refractivity contribution in [2.45, 2.75) is 17.2 Å². The molecule has 0 saturated heterocycles. The zero-order valence-electron chi connectivity index (χ0n) is 13.5. The molecule has 0 saturated carbocycles. The van der Waals surface area contributed by atoms with Gasteiger partial charge in [0.05, 0.1) is 20.6 Å². The number of nitrogens with zero attached hydrogens (tertiary/aromatic N) is 2. The minimum absolute atomic E-state index is 0.216. The van der Waals surface area contributed by atoms with Crippen LogP contribution >= 0.6 is 35.0 Å². The summed E-state index contributed by atoms with van der Waals surface area (Å²) in [5, 5.41) is 18.8. The standard InChI is InChI=1S/C17H13Cl2N3O3S/c1-10(15(23)20-11-7-8-13(18)14(19)9-11)26-16-17(24)25-21-22(16)12-5-3-2-4-6-12/h2-10H,1H3,(H-,20,21,23,24). The molecule has 1 amide bonds. The molecule has 0 fully saturated rings. The molecule has 0 aliphatic rings. The van der Waals surface area contributed by atoms with Crippen LogP contribution in [0.1, 0.15) is 6.92 Å². The monoisotopic (exact) mass is 409 g/mol. The van der Waals surface area contributed by atoms with Gasteiger partial charge in [-0.1, -0.05) is 41.4 Å². The minimum atomic E-state index is -0.604. The fraction of sp³-hybridized carbons (Fsp3) is 0.118. The molecule has 0 bridgehead atoms. The summed E-state index contributed by atoms with van der Waals surface area (Å²) >= 11 is 12.9. The van der Waals surface area contributed by atoms with E-state index >= 15 is 0 Å². The van der Waals surface area contributed by atoms with Gasteiger partial charge >= 0.3 is 0 Å². The molecule has 1 N–H and O–H groups in total. The summed E-state index contributed by atoms with van der Waals surface area (Å²) < 4.78 is 6.12. The largest absolute Gasteiger partial charge is 0.538 e. The van der Waals surface area contributed by atoms with Crippen LogP contribution in [0.25, 0.3) is 5.69 Å². The molecule has 134 valence electrons. The van der Waals surface area contributed by atoms with Crippen LogP contribution in [0.3, 0.4) is 0 Å². The second-order valence-electron chi connectivity index (χ2n) is 5.29. The molecule has 0 spiro atoms. The quantitative estimate of drug-likeness (QED) is 0.515. The topological polar surface area (TPSA) is 82.1 Å². The number of halogens is 2. The fourth-order valence-electron chi connectivity index (χ4n) is 2.11. The van der Waals surface area contributed by atoms with Crippen molar-refractivity contribution in [3.8, 4) is 11.6 Å². The van der Waals surface area contributed by atoms with E-state index in [-0.39, 0.29) is 10.9 Å². The number of hydrogen-bond acceptors (Lipinski definition) is 5. The number of nitrogens with one attached hydrogen (secondary N) is 1. The highest BCUT2D eigenvalue weighted by atomic mass is 35.5. The first-order valence-electron chi connectivity index (χ1n) is 7.52. The number of aromatic nitrogens is 2. The van der Waals surface area contributed by atoms with E-state index in [1.54, 1.807) is 37.3 Å². The lowest BCUT2D eigenvalue weighted by Crippen LogP contribution is -2.36. The van der Waals surface area contributed by atoms with Gasteiger partial charge in [-0.3, -0.25) is 4.79 Å². The number of benzene rings is 2. The molecule has 2 aromatic carbocycles. The summed E-state index contributed by atoms with van der Waals surface area (Å²) in [5.41, 5.74) is 1.18. The number of amides is 1. The second-order valence-corrected chi connectivity index (χ2v) is 7.44. The molecule has 6 nitrogen and oxygen atoms in total. The normalized spacial score (nSPS) is 12.0. The van der Waals surface area contributed by atoms with Gasteiger partial charge in [0.25, 0.3) is 5.03 Å². The minimum Gasteiger partial charge on any atom is -0.538 e. The summed E-state index contributed by atoms with van der Waals surface area (Å²) in [6.45, 7) is 1.68. The Balaban J connectivity index is 1.75. The summed E-state index contributed by atoms with van der Waals surface area (Å²) in [7, 11) is 0. The highest BCUT2D eigenvalue weighted by molar-refractivity contribution is 8.00. The van der Waals surface area contributed by atoms with E-state index in [2.05, 4.69) is 10.6 Å². The average molecular weight is 410 g/mol. The van der Waals surface area contributed by atoms with Crippen molar-refractivity contribution in [2.75, 3.05) is 5.32 Å². The van der Waals surface area contributed by atoms with Crippen molar-refractivity contribution in [1.29, 1.82) is 0 Å². The molecular formula is C17H13Cl2N3O3S. The molecule has 3 aromatic rings. The maximum atomic E-state index is 12.4. The van der Waals surface area contributed by atoms with Crippen molar-refractivity contribution in [1.82, 2.24) is 5.27 Å². The molecule has 9 heteroatoms. The average Bonchev–Trinajstić information content (AvgIpc) is 2.99. The van der Waals surface area contributed by atoms with Gasteiger partial charge < -0.3 is 14.9 Å². The zero-order valence-corrected chi connectivity index (χ0v) is 15.8. The number of para-hydroxylation sites is 1. The summed E-state index contributed by atoms with van der Waals surface area (Å²) in [5.74, 6) is -0.901. The molecule has 1 heterocycles. The lowest BCUT2D eigenvalue weighted by Gasteiger charge is -2.11. The number of carbonyl (C=O) groups is 1. The molecular weight excluding hydrogens is 397 g/mol. The Hall–Kier alpha value is -2.22. The first-order chi connectivity index (χ1) is 12.5. The van der Waals surface area contributed by atoms with Crippen LogP contribution in [-0.4, -0.2) is 16.4 Å². The highest BCUT2D eigenvalue weighted by Crippen LogP contribution is 2.29. The van der Waals surface area contributed by atoms with E-state index < -0.39 is 11.2 Å². The molecule has 0 aliphatic carbocycles. The van der Waals surface area contributed by atoms with Crippen molar-refractivity contribution in [2.24, 2.45) is 0 Å². The number of rotatable bonds is 5. The van der Waals surface area contributed by atoms with Crippen LogP contribution in [0.2, 0.25) is 10.0 Å². The van der Waals surface area contributed by atoms with E-state index in [4.69, 9.17) is 27.7 Å². The predicted octanol–water partition coefficient (Wildman–Crippen LogP) is 3.45. The SMILES string of the molecule is CC(Sc1c([O-])on[n+]1-c1ccccc1)C(=O)Nc1ccc(Cl)c(Cl)c1. The van der Waals surface area contributed by atoms with E-state index in [1.807, 2.05) is 18.2 Å². The molecule has 3 rings (SSSR count). The maximum Gasteiger partial charge on any atom is 0.298 e. The number of hydrogen-bond donors (Lipinski definition) is 1. The number of carbonyl (C=O) groups excluding carboxylic acids is 1. The predicted molar refractivity (Wildman–Crippen MR) is 97.9 cm³/mol. The van der Waals surface area contributed by atoms with Crippen LogP contribution in [-0.2, 0) is 4.79 Å². The lowest BCUT2D eigenvalue weighted by atomic mass is 10.3. The van der Waals surface area contributed by atoms with Gasteiger partial charge in [-0.25, -0.2) is 0 Å². The Morgan fingerprint density at radius 3 is 2.65 bits per heavy atom. The first-order valence-corrected chi connectivity index (χ1v) is 9.16. The van der Waals surface area contributed by atoms with Crippen molar-refractivity contribution >= 4 is 46.6 Å². The number of anilines is 1. The van der Waals surface area contributed by atoms with Gasteiger partial charge in [-0.05, 0) is 41.6 Å². The Kier molecular flexibility index (Phi) is 5.70. The van der Waals surface area contributed by atoms with Crippen LogP contribution in [0.15, 0.2) is 58.1 Å². The van der Waals surface area contributed by atoms with Crippen LogP contribution in [0.5, 0.6) is 5.95 Å². The van der Waals surface area contributed by atoms with Crippen molar-refractivity contribution < 1.29 is 19.1 Å². The van der Waals surface area contributed by atoms with Gasteiger partial charge in [-0.2, -0.15) is 0 Å². The maximum absolute atomic E-state index is 12.4. The summed E-state index contributed by atoms with van der Waals surface area (Å²) in [4.78, 5) is 12.4. The van der Waals surface area contributed by atoms with Gasteiger partial charge in [-0.15, -0.1) is 0 Å². The molecule has 0 radical (unpaired) electrons. The Bertz CT molecular complexity index is 934. The Morgan fingerprint density at radius 1 is 1.23 bits per heavy atom. The summed E-state index contributed by atoms with van der Waals surface area (Å²) in [6.07, 6.45) is 0. The number of thioether (sulfide) groups is 1. The lowest BCUT2D eigenvalue weighted by molar-refractivity contribution is -0.705. The zero-order chi connectivity index (χ0) is 18.7. The smallest absolute Gasteiger partial charge is 0.298 e. The molecule has 1 aromatic heterocycles. The van der Waals surface area contributed by atoms with Crippen molar-refractivity contribution in [3.05, 3.63) is 58.6 Å². The van der Waals surface area contributed by atoms with E-state index in [1.165, 1.54) is 4.68 Å². The van der Waals surface area contributed by atoms with Crippen molar-refractivity contribution in [3.63, 3.8) is 0 Å². The van der Waals surface area contributed by atoms with Gasteiger partial charge in [0.1, 0.15) is 0 Å². The van der Waals surface area contributed by atoms with Crippen LogP contribution in [0.4, 0.5) is 5.69 Å². The molecule has 1 atom stereocenters. The summed E-state index contributed by atoms with van der Waals surface area (Å²) in [6, 6.07) is 13.8. The second kappa shape index (κ2) is 7.99. The molecule has 26 heavy (non-hydrogen) atoms. The van der Waals surface area contributed by atoms with Crippen LogP contribution in [0, 0.1) is 0 Å². The third kappa shape index (κ3) is 4.12. The first kappa shape index (κ1) is 18.6. The van der Waals surface area contributed by atoms with E-state index in [0.717, 1.165) is 11.8 Å². The molecule has 0 aliphatic heterocycles. The van der Waals surface area contributed by atoms with Crippen LogP contribution < -0.4 is 15.1 Å². The van der Waals surface area contributed by atoms with E-state index in [9.17, 15) is 9.90 Å². The Morgan fingerprint density at radius 2 is 1.96 bits per heavy atom. The van der Waals surface area contributed by atoms with E-state index in [0.29, 0.717) is 21.4 Å². The Labute approximate surface area is 163 Å². The fourth-order valence-corrected chi connectivity index (χ4v) is 3.28. The van der Waals surface area contributed by atoms with Gasteiger partial charge in [0, 0.05) is 17.8 Å². The molecule has 1 unspecified atom stereocenters. The van der Waals surface area contributed by atoms with Gasteiger partial charge in [0.2, 0.25) is 11.6 Å². The third-order valence-electron chi connectivity index (χ3n) is 3.42. The third-order valence-corrected chi connectivity index (χ3v) is 5.29. The highest BCUT2D eigenvalue weighted by Gasteiger charge is 2.26. The van der Waals surface area contributed by atoms with Gasteiger partial charge in [0.15, 0.2) is 5.95 Å².